The van der Waals surface area contributed by atoms with Crippen LogP contribution in [0.4, 0.5) is 0 Å². The van der Waals surface area contributed by atoms with Crippen molar-refractivity contribution >= 4 is 11.9 Å². The summed E-state index contributed by atoms with van der Waals surface area (Å²) in [5.74, 6) is -0.0831. The van der Waals surface area contributed by atoms with E-state index in [1.165, 1.54) is 19.3 Å². The molecule has 2 saturated carbocycles. The maximum Gasteiger partial charge on any atom is 0.306 e. The van der Waals surface area contributed by atoms with E-state index >= 15 is 0 Å². The maximum absolute atomic E-state index is 12.6. The molecule has 106 valence electrons. The molecule has 0 aromatic heterocycles. The number of likely N-dealkylation sites (tertiary alicyclic amines) is 1. The Labute approximate surface area is 114 Å². The van der Waals surface area contributed by atoms with Gasteiger partial charge in [0, 0.05) is 18.5 Å². The van der Waals surface area contributed by atoms with Gasteiger partial charge in [0.2, 0.25) is 5.91 Å². The summed E-state index contributed by atoms with van der Waals surface area (Å²) in [5, 5.41) is 9.04. The van der Waals surface area contributed by atoms with E-state index in [-0.39, 0.29) is 17.7 Å². The first-order valence-corrected chi connectivity index (χ1v) is 7.70. The van der Waals surface area contributed by atoms with E-state index < -0.39 is 5.97 Å². The van der Waals surface area contributed by atoms with E-state index in [4.69, 9.17) is 5.11 Å². The number of carboxylic acid groups (broad SMARTS) is 1. The Balaban J connectivity index is 1.63. The van der Waals surface area contributed by atoms with Crippen LogP contribution in [0.5, 0.6) is 0 Å². The Morgan fingerprint density at radius 3 is 2.42 bits per heavy atom. The van der Waals surface area contributed by atoms with Gasteiger partial charge < -0.3 is 10.0 Å². The van der Waals surface area contributed by atoms with Crippen molar-refractivity contribution in [1.82, 2.24) is 4.90 Å². The molecule has 1 saturated heterocycles. The molecule has 19 heavy (non-hydrogen) atoms. The summed E-state index contributed by atoms with van der Waals surface area (Å²) in [7, 11) is 0. The fourth-order valence-electron chi connectivity index (χ4n) is 4.34. The minimum absolute atomic E-state index is 0.0261. The zero-order valence-corrected chi connectivity index (χ0v) is 11.4. The van der Waals surface area contributed by atoms with Crippen LogP contribution in [-0.4, -0.2) is 34.5 Å². The number of hydrogen-bond acceptors (Lipinski definition) is 2. The van der Waals surface area contributed by atoms with Gasteiger partial charge in [-0.05, 0) is 44.4 Å². The second-order valence-electron chi connectivity index (χ2n) is 6.48. The van der Waals surface area contributed by atoms with Crippen LogP contribution in [0.1, 0.15) is 51.4 Å². The SMILES string of the molecule is O=C(O)[C@H]1CC[C@@H](C(=O)N2CCC3CCCCC32)C1. The fourth-order valence-corrected chi connectivity index (χ4v) is 4.34. The Kier molecular flexibility index (Phi) is 3.50. The highest BCUT2D eigenvalue weighted by Gasteiger charge is 2.42. The van der Waals surface area contributed by atoms with Gasteiger partial charge in [0.05, 0.1) is 5.92 Å². The first-order valence-electron chi connectivity index (χ1n) is 7.70. The lowest BCUT2D eigenvalue weighted by Crippen LogP contribution is -2.42. The summed E-state index contributed by atoms with van der Waals surface area (Å²) in [5.41, 5.74) is 0. The van der Waals surface area contributed by atoms with Crippen LogP contribution in [0.3, 0.4) is 0 Å². The molecule has 1 N–H and O–H groups in total. The predicted molar refractivity (Wildman–Crippen MR) is 70.5 cm³/mol. The fraction of sp³-hybridized carbons (Fsp3) is 0.867. The third-order valence-corrected chi connectivity index (χ3v) is 5.42. The first kappa shape index (κ1) is 12.9. The van der Waals surface area contributed by atoms with Gasteiger partial charge >= 0.3 is 5.97 Å². The van der Waals surface area contributed by atoms with Crippen LogP contribution < -0.4 is 0 Å². The Bertz CT molecular complexity index is 382. The largest absolute Gasteiger partial charge is 0.481 e. The Morgan fingerprint density at radius 2 is 1.68 bits per heavy atom. The van der Waals surface area contributed by atoms with Crippen LogP contribution in [0.2, 0.25) is 0 Å². The minimum Gasteiger partial charge on any atom is -0.481 e. The molecular formula is C15H23NO3. The van der Waals surface area contributed by atoms with E-state index in [1.807, 2.05) is 0 Å². The van der Waals surface area contributed by atoms with Gasteiger partial charge in [-0.25, -0.2) is 0 Å². The summed E-state index contributed by atoms with van der Waals surface area (Å²) in [4.78, 5) is 25.7. The molecule has 0 aromatic carbocycles. The highest BCUT2D eigenvalue weighted by molar-refractivity contribution is 5.81. The molecule has 2 unspecified atom stereocenters. The van der Waals surface area contributed by atoms with Crippen molar-refractivity contribution in [3.8, 4) is 0 Å². The molecule has 3 aliphatic rings. The zero-order valence-electron chi connectivity index (χ0n) is 11.4. The average Bonchev–Trinajstić information content (AvgIpc) is 3.05. The highest BCUT2D eigenvalue weighted by Crippen LogP contribution is 2.39. The zero-order chi connectivity index (χ0) is 13.4. The molecule has 0 aromatic rings. The summed E-state index contributed by atoms with van der Waals surface area (Å²) in [6.45, 7) is 0.905. The lowest BCUT2D eigenvalue weighted by molar-refractivity contribution is -0.141. The van der Waals surface area contributed by atoms with Crippen LogP contribution in [-0.2, 0) is 9.59 Å². The van der Waals surface area contributed by atoms with Crippen molar-refractivity contribution in [2.45, 2.75) is 57.4 Å². The van der Waals surface area contributed by atoms with Gasteiger partial charge in [0.25, 0.3) is 0 Å². The van der Waals surface area contributed by atoms with Crippen LogP contribution in [0.25, 0.3) is 0 Å². The van der Waals surface area contributed by atoms with E-state index in [9.17, 15) is 9.59 Å². The number of carbonyl (C=O) groups is 2. The van der Waals surface area contributed by atoms with E-state index in [0.29, 0.717) is 18.9 Å². The van der Waals surface area contributed by atoms with E-state index in [0.717, 1.165) is 31.7 Å². The molecule has 4 nitrogen and oxygen atoms in total. The quantitative estimate of drug-likeness (QED) is 0.833. The molecule has 3 fully saturated rings. The highest BCUT2D eigenvalue weighted by atomic mass is 16.4. The standard InChI is InChI=1S/C15H23NO3/c17-14(11-5-6-12(9-11)15(18)19)16-8-7-10-3-1-2-4-13(10)16/h10-13H,1-9H2,(H,18,19)/t10?,11-,12+,13?/m1/s1. The van der Waals surface area contributed by atoms with Crippen molar-refractivity contribution in [2.24, 2.45) is 17.8 Å². The molecule has 2 aliphatic carbocycles. The lowest BCUT2D eigenvalue weighted by Gasteiger charge is -2.33. The molecule has 0 radical (unpaired) electrons. The van der Waals surface area contributed by atoms with Crippen LogP contribution >= 0.6 is 0 Å². The number of nitrogens with zero attached hydrogens (tertiary/aromatic N) is 1. The predicted octanol–water partition coefficient (Wildman–Crippen LogP) is 2.28. The molecule has 1 aliphatic heterocycles. The first-order chi connectivity index (χ1) is 9.16. The molecule has 0 spiro atoms. The van der Waals surface area contributed by atoms with E-state index in [1.54, 1.807) is 0 Å². The lowest BCUT2D eigenvalue weighted by atomic mass is 9.85. The normalized spacial score (nSPS) is 38.2. The van der Waals surface area contributed by atoms with Gasteiger partial charge in [-0.3, -0.25) is 9.59 Å². The molecule has 0 bridgehead atoms. The van der Waals surface area contributed by atoms with Gasteiger partial charge in [0.1, 0.15) is 0 Å². The number of fused-ring (bicyclic) bond motifs is 1. The van der Waals surface area contributed by atoms with Crippen LogP contribution in [0.15, 0.2) is 0 Å². The second-order valence-corrected chi connectivity index (χ2v) is 6.48. The van der Waals surface area contributed by atoms with Gasteiger partial charge in [-0.1, -0.05) is 12.8 Å². The number of amides is 1. The molecular weight excluding hydrogens is 242 g/mol. The Hall–Kier alpha value is -1.06. The summed E-state index contributed by atoms with van der Waals surface area (Å²) >= 11 is 0. The van der Waals surface area contributed by atoms with Crippen molar-refractivity contribution in [3.63, 3.8) is 0 Å². The van der Waals surface area contributed by atoms with Gasteiger partial charge in [-0.2, -0.15) is 0 Å². The number of rotatable bonds is 2. The van der Waals surface area contributed by atoms with Crippen molar-refractivity contribution in [1.29, 1.82) is 0 Å². The summed E-state index contributed by atoms with van der Waals surface area (Å²) in [6.07, 6.45) is 8.15. The summed E-state index contributed by atoms with van der Waals surface area (Å²) < 4.78 is 0. The van der Waals surface area contributed by atoms with Gasteiger partial charge in [0.15, 0.2) is 0 Å². The Morgan fingerprint density at radius 1 is 0.947 bits per heavy atom. The van der Waals surface area contributed by atoms with Crippen molar-refractivity contribution in [2.75, 3.05) is 6.54 Å². The van der Waals surface area contributed by atoms with Gasteiger partial charge in [-0.15, -0.1) is 0 Å². The van der Waals surface area contributed by atoms with Crippen LogP contribution in [0, 0.1) is 17.8 Å². The monoisotopic (exact) mass is 265 g/mol. The molecule has 4 heteroatoms. The number of hydrogen-bond donors (Lipinski definition) is 1. The maximum atomic E-state index is 12.6. The molecule has 4 atom stereocenters. The second kappa shape index (κ2) is 5.14. The molecule has 1 heterocycles. The molecule has 3 rings (SSSR count). The number of carboxylic acids is 1. The minimum atomic E-state index is -0.729. The van der Waals surface area contributed by atoms with Crippen molar-refractivity contribution in [3.05, 3.63) is 0 Å². The smallest absolute Gasteiger partial charge is 0.306 e. The topological polar surface area (TPSA) is 57.6 Å². The third kappa shape index (κ3) is 2.37. The average molecular weight is 265 g/mol. The number of carbonyl (C=O) groups excluding carboxylic acids is 1. The number of aliphatic carboxylic acids is 1. The molecule has 1 amide bonds. The van der Waals surface area contributed by atoms with E-state index in [2.05, 4.69) is 4.90 Å². The summed E-state index contributed by atoms with van der Waals surface area (Å²) in [6, 6.07) is 0.463. The van der Waals surface area contributed by atoms with Crippen molar-refractivity contribution < 1.29 is 14.7 Å². The third-order valence-electron chi connectivity index (χ3n) is 5.42.